The number of aliphatic hydroxyl groups is 1. The maximum atomic E-state index is 12.2. The molecule has 17 heavy (non-hydrogen) atoms. The molecule has 1 saturated heterocycles. The Hall–Kier alpha value is -0.610. The number of carbonyl (C=O) groups excluding carboxylic acids is 1. The van der Waals surface area contributed by atoms with Crippen molar-refractivity contribution in [3.8, 4) is 0 Å². The van der Waals surface area contributed by atoms with Crippen molar-refractivity contribution >= 4 is 5.91 Å². The Labute approximate surface area is 105 Å². The lowest BCUT2D eigenvalue weighted by molar-refractivity contribution is -0.137. The molecular formula is C13H26N2O2. The van der Waals surface area contributed by atoms with Crippen molar-refractivity contribution in [2.24, 2.45) is 0 Å². The van der Waals surface area contributed by atoms with E-state index >= 15 is 0 Å². The molecule has 0 radical (unpaired) electrons. The van der Waals surface area contributed by atoms with Crippen molar-refractivity contribution in [3.05, 3.63) is 0 Å². The maximum Gasteiger partial charge on any atom is 0.239 e. The minimum atomic E-state index is -0.297. The first-order chi connectivity index (χ1) is 8.02. The molecule has 1 amide bonds. The minimum Gasteiger partial charge on any atom is -0.393 e. The second kappa shape index (κ2) is 6.97. The number of likely N-dealkylation sites (tertiary alicyclic amines) is 1. The third-order valence-electron chi connectivity index (χ3n) is 3.59. The quantitative estimate of drug-likeness (QED) is 0.785. The van der Waals surface area contributed by atoms with E-state index in [9.17, 15) is 9.90 Å². The van der Waals surface area contributed by atoms with Crippen LogP contribution in [0.25, 0.3) is 0 Å². The molecule has 0 bridgehead atoms. The van der Waals surface area contributed by atoms with Gasteiger partial charge in [0.25, 0.3) is 0 Å². The van der Waals surface area contributed by atoms with Crippen LogP contribution in [0.4, 0.5) is 0 Å². The molecule has 2 unspecified atom stereocenters. The van der Waals surface area contributed by atoms with Crippen LogP contribution in [0.1, 0.15) is 39.5 Å². The Kier molecular flexibility index (Phi) is 5.92. The van der Waals surface area contributed by atoms with E-state index in [2.05, 4.69) is 0 Å². The fourth-order valence-electron chi connectivity index (χ4n) is 2.15. The van der Waals surface area contributed by atoms with Gasteiger partial charge in [-0.2, -0.15) is 0 Å². The largest absolute Gasteiger partial charge is 0.393 e. The predicted octanol–water partition coefficient (Wildman–Crippen LogP) is 1.09. The van der Waals surface area contributed by atoms with Crippen LogP contribution in [0.15, 0.2) is 0 Å². The number of amides is 1. The van der Waals surface area contributed by atoms with Gasteiger partial charge in [-0.3, -0.25) is 9.69 Å². The molecule has 1 rings (SSSR count). The van der Waals surface area contributed by atoms with Crippen LogP contribution >= 0.6 is 0 Å². The Balaban J connectivity index is 2.38. The Morgan fingerprint density at radius 3 is 2.41 bits per heavy atom. The highest BCUT2D eigenvalue weighted by atomic mass is 16.3. The lowest BCUT2D eigenvalue weighted by Crippen LogP contribution is -2.47. The van der Waals surface area contributed by atoms with Crippen molar-refractivity contribution < 1.29 is 9.90 Å². The van der Waals surface area contributed by atoms with E-state index in [1.165, 1.54) is 6.42 Å². The molecule has 0 aromatic carbocycles. The van der Waals surface area contributed by atoms with Crippen LogP contribution in [0.5, 0.6) is 0 Å². The van der Waals surface area contributed by atoms with Gasteiger partial charge < -0.3 is 10.0 Å². The monoisotopic (exact) mass is 242 g/mol. The zero-order valence-electron chi connectivity index (χ0n) is 11.4. The van der Waals surface area contributed by atoms with Crippen molar-refractivity contribution in [1.29, 1.82) is 0 Å². The number of piperidine rings is 1. The number of likely N-dealkylation sites (N-methyl/N-ethyl adjacent to an activating group) is 1. The van der Waals surface area contributed by atoms with Crippen molar-refractivity contribution in [1.82, 2.24) is 9.80 Å². The number of carbonyl (C=O) groups is 1. The van der Waals surface area contributed by atoms with Gasteiger partial charge in [0.1, 0.15) is 0 Å². The summed E-state index contributed by atoms with van der Waals surface area (Å²) in [5.74, 6) is 0.234. The molecule has 4 nitrogen and oxygen atoms in total. The number of rotatable bonds is 5. The molecule has 1 aliphatic heterocycles. The number of hydrogen-bond donors (Lipinski definition) is 1. The lowest BCUT2D eigenvalue weighted by Gasteiger charge is -2.32. The number of aliphatic hydroxyl groups excluding tert-OH is 1. The summed E-state index contributed by atoms with van der Waals surface area (Å²) in [6.45, 7) is 6.32. The number of hydrogen-bond acceptors (Lipinski definition) is 3. The first-order valence-corrected chi connectivity index (χ1v) is 6.69. The van der Waals surface area contributed by atoms with Gasteiger partial charge in [0.15, 0.2) is 0 Å². The molecule has 1 heterocycles. The summed E-state index contributed by atoms with van der Waals surface area (Å²) in [5.41, 5.74) is 0. The highest BCUT2D eigenvalue weighted by Gasteiger charge is 2.24. The van der Waals surface area contributed by atoms with Gasteiger partial charge >= 0.3 is 0 Å². The van der Waals surface area contributed by atoms with Crippen LogP contribution in [0.2, 0.25) is 0 Å². The molecule has 4 heteroatoms. The van der Waals surface area contributed by atoms with Gasteiger partial charge in [0.05, 0.1) is 12.1 Å². The second-order valence-electron chi connectivity index (χ2n) is 5.18. The van der Waals surface area contributed by atoms with E-state index in [4.69, 9.17) is 0 Å². The first-order valence-electron chi connectivity index (χ1n) is 6.69. The van der Waals surface area contributed by atoms with Crippen LogP contribution in [-0.2, 0) is 4.79 Å². The summed E-state index contributed by atoms with van der Waals surface area (Å²) < 4.78 is 0. The average Bonchev–Trinajstić information content (AvgIpc) is 2.35. The fourth-order valence-corrected chi connectivity index (χ4v) is 2.15. The summed E-state index contributed by atoms with van der Waals surface area (Å²) in [6.07, 6.45) is 3.94. The third-order valence-corrected chi connectivity index (χ3v) is 3.59. The SMILES string of the molecule is CC(O)CCN(C)C(C)C(=O)N1CCCCC1. The predicted molar refractivity (Wildman–Crippen MR) is 68.8 cm³/mol. The van der Waals surface area contributed by atoms with Gasteiger partial charge in [-0.05, 0) is 46.6 Å². The summed E-state index contributed by atoms with van der Waals surface area (Å²) >= 11 is 0. The molecule has 1 aliphatic rings. The normalized spacial score (nSPS) is 20.4. The van der Waals surface area contributed by atoms with E-state index in [0.717, 1.165) is 32.5 Å². The molecule has 0 saturated carbocycles. The molecule has 0 aromatic heterocycles. The third kappa shape index (κ3) is 4.64. The number of nitrogens with zero attached hydrogens (tertiary/aromatic N) is 2. The average molecular weight is 242 g/mol. The van der Waals surface area contributed by atoms with Crippen LogP contribution in [0.3, 0.4) is 0 Å². The molecule has 2 atom stereocenters. The van der Waals surface area contributed by atoms with E-state index in [1.54, 1.807) is 6.92 Å². The summed E-state index contributed by atoms with van der Waals surface area (Å²) in [4.78, 5) is 16.2. The van der Waals surface area contributed by atoms with Crippen LogP contribution in [0, 0.1) is 0 Å². The highest BCUT2D eigenvalue weighted by molar-refractivity contribution is 5.81. The smallest absolute Gasteiger partial charge is 0.239 e. The van der Waals surface area contributed by atoms with E-state index < -0.39 is 0 Å². The Morgan fingerprint density at radius 2 is 1.88 bits per heavy atom. The van der Waals surface area contributed by atoms with Gasteiger partial charge in [0.2, 0.25) is 5.91 Å². The first kappa shape index (κ1) is 14.5. The zero-order chi connectivity index (χ0) is 12.8. The van der Waals surface area contributed by atoms with Gasteiger partial charge in [-0.25, -0.2) is 0 Å². The Bertz CT molecular complexity index is 238. The fraction of sp³-hybridized carbons (Fsp3) is 0.923. The molecule has 0 spiro atoms. The van der Waals surface area contributed by atoms with Gasteiger partial charge in [-0.15, -0.1) is 0 Å². The molecule has 0 aliphatic carbocycles. The molecule has 1 fully saturated rings. The summed E-state index contributed by atoms with van der Waals surface area (Å²) in [6, 6.07) is -0.0770. The Morgan fingerprint density at radius 1 is 1.29 bits per heavy atom. The summed E-state index contributed by atoms with van der Waals surface area (Å²) in [5, 5.41) is 9.25. The van der Waals surface area contributed by atoms with Gasteiger partial charge in [-0.1, -0.05) is 0 Å². The highest BCUT2D eigenvalue weighted by Crippen LogP contribution is 2.12. The maximum absolute atomic E-state index is 12.2. The van der Waals surface area contributed by atoms with Crippen molar-refractivity contribution in [3.63, 3.8) is 0 Å². The summed E-state index contributed by atoms with van der Waals surface area (Å²) in [7, 11) is 1.95. The topological polar surface area (TPSA) is 43.8 Å². The molecule has 1 N–H and O–H groups in total. The second-order valence-corrected chi connectivity index (χ2v) is 5.18. The zero-order valence-corrected chi connectivity index (χ0v) is 11.4. The minimum absolute atomic E-state index is 0.0770. The van der Waals surface area contributed by atoms with Crippen LogP contribution in [-0.4, -0.2) is 59.6 Å². The molecular weight excluding hydrogens is 216 g/mol. The van der Waals surface area contributed by atoms with Gasteiger partial charge in [0, 0.05) is 19.6 Å². The molecule has 0 aromatic rings. The van der Waals surface area contributed by atoms with Crippen LogP contribution < -0.4 is 0 Å². The standard InChI is InChI=1S/C13H26N2O2/c1-11(16)7-10-14(3)12(2)13(17)15-8-5-4-6-9-15/h11-12,16H,4-10H2,1-3H3. The van der Waals surface area contributed by atoms with E-state index in [1.807, 2.05) is 23.8 Å². The van der Waals surface area contributed by atoms with Crippen molar-refractivity contribution in [2.45, 2.75) is 51.7 Å². The lowest BCUT2D eigenvalue weighted by atomic mass is 10.1. The van der Waals surface area contributed by atoms with E-state index in [-0.39, 0.29) is 18.1 Å². The van der Waals surface area contributed by atoms with E-state index in [0.29, 0.717) is 6.42 Å². The van der Waals surface area contributed by atoms with Crippen molar-refractivity contribution in [2.75, 3.05) is 26.7 Å². The molecule has 100 valence electrons.